The van der Waals surface area contributed by atoms with Gasteiger partial charge in [-0.05, 0) is 44.9 Å². The van der Waals surface area contributed by atoms with Crippen LogP contribution in [-0.2, 0) is 13.5 Å². The Kier molecular flexibility index (Phi) is 5.10. The van der Waals surface area contributed by atoms with E-state index in [9.17, 15) is 0 Å². The van der Waals surface area contributed by atoms with Gasteiger partial charge >= 0.3 is 0 Å². The fourth-order valence-electron chi connectivity index (χ4n) is 2.87. The van der Waals surface area contributed by atoms with Crippen LogP contribution >= 0.6 is 11.8 Å². The average molecular weight is 317 g/mol. The normalized spacial score (nSPS) is 18.5. The summed E-state index contributed by atoms with van der Waals surface area (Å²) in [6.07, 6.45) is 3.38. The standard InChI is InChI=1S/C16H23N5S/c1-12-5-3-7-14(18-12)8-10-22-16-20-19-15(21(16)2)13-6-4-9-17-11-13/h3,5,7,13,17H,4,6,8-11H2,1-2H3/t13-/m0/s1. The van der Waals surface area contributed by atoms with Crippen molar-refractivity contribution < 1.29 is 0 Å². The van der Waals surface area contributed by atoms with Crippen LogP contribution < -0.4 is 5.32 Å². The van der Waals surface area contributed by atoms with E-state index in [2.05, 4.69) is 44.2 Å². The SMILES string of the molecule is Cc1cccc(CCSc2nnc([C@H]3CCCNC3)n2C)n1. The molecule has 118 valence electrons. The van der Waals surface area contributed by atoms with Gasteiger partial charge in [0.05, 0.1) is 0 Å². The first-order valence-corrected chi connectivity index (χ1v) is 8.88. The highest BCUT2D eigenvalue weighted by Gasteiger charge is 2.21. The van der Waals surface area contributed by atoms with Crippen molar-refractivity contribution in [2.45, 2.75) is 37.3 Å². The largest absolute Gasteiger partial charge is 0.316 e. The lowest BCUT2D eigenvalue weighted by Gasteiger charge is -2.21. The summed E-state index contributed by atoms with van der Waals surface area (Å²) in [6.45, 7) is 4.17. The predicted octanol–water partition coefficient (Wildman–Crippen LogP) is 2.32. The summed E-state index contributed by atoms with van der Waals surface area (Å²) in [5.41, 5.74) is 2.22. The monoisotopic (exact) mass is 317 g/mol. The molecule has 0 radical (unpaired) electrons. The molecule has 1 saturated heterocycles. The number of rotatable bonds is 5. The number of hydrogen-bond acceptors (Lipinski definition) is 5. The van der Waals surface area contributed by atoms with E-state index in [1.54, 1.807) is 11.8 Å². The highest BCUT2D eigenvalue weighted by molar-refractivity contribution is 7.99. The molecule has 0 spiro atoms. The Morgan fingerprint density at radius 1 is 1.36 bits per heavy atom. The zero-order valence-corrected chi connectivity index (χ0v) is 14.1. The van der Waals surface area contributed by atoms with Gasteiger partial charge in [-0.3, -0.25) is 4.98 Å². The molecule has 1 N–H and O–H groups in total. The summed E-state index contributed by atoms with van der Waals surface area (Å²) < 4.78 is 2.16. The van der Waals surface area contributed by atoms with Crippen LogP contribution in [0.2, 0.25) is 0 Å². The van der Waals surface area contributed by atoms with Gasteiger partial charge in [-0.15, -0.1) is 10.2 Å². The van der Waals surface area contributed by atoms with E-state index >= 15 is 0 Å². The highest BCUT2D eigenvalue weighted by atomic mass is 32.2. The number of nitrogens with one attached hydrogen (secondary N) is 1. The van der Waals surface area contributed by atoms with E-state index in [0.29, 0.717) is 5.92 Å². The quantitative estimate of drug-likeness (QED) is 0.858. The molecular weight excluding hydrogens is 294 g/mol. The maximum absolute atomic E-state index is 4.54. The zero-order chi connectivity index (χ0) is 15.4. The molecule has 22 heavy (non-hydrogen) atoms. The van der Waals surface area contributed by atoms with Gasteiger partial charge in [-0.2, -0.15) is 0 Å². The third-order valence-electron chi connectivity index (χ3n) is 4.07. The predicted molar refractivity (Wildman–Crippen MR) is 89.2 cm³/mol. The summed E-state index contributed by atoms with van der Waals surface area (Å²) in [6, 6.07) is 6.19. The van der Waals surface area contributed by atoms with Gasteiger partial charge in [-0.1, -0.05) is 17.8 Å². The summed E-state index contributed by atoms with van der Waals surface area (Å²) in [5, 5.41) is 13.2. The molecule has 0 bridgehead atoms. The second kappa shape index (κ2) is 7.24. The molecule has 3 rings (SSSR count). The van der Waals surface area contributed by atoms with E-state index in [0.717, 1.165) is 47.6 Å². The Morgan fingerprint density at radius 3 is 3.05 bits per heavy atom. The second-order valence-corrected chi connectivity index (χ2v) is 6.87. The van der Waals surface area contributed by atoms with Crippen LogP contribution in [0.5, 0.6) is 0 Å². The molecule has 1 aliphatic heterocycles. The molecule has 2 aromatic rings. The maximum atomic E-state index is 4.54. The number of nitrogens with zero attached hydrogens (tertiary/aromatic N) is 4. The molecule has 0 aromatic carbocycles. The van der Waals surface area contributed by atoms with Crippen LogP contribution in [0.25, 0.3) is 0 Å². The Bertz CT molecular complexity index is 619. The van der Waals surface area contributed by atoms with E-state index in [4.69, 9.17) is 0 Å². The van der Waals surface area contributed by atoms with Gasteiger partial charge in [0.1, 0.15) is 5.82 Å². The summed E-state index contributed by atoms with van der Waals surface area (Å²) in [7, 11) is 2.08. The minimum Gasteiger partial charge on any atom is -0.316 e. The van der Waals surface area contributed by atoms with Crippen molar-refractivity contribution in [1.82, 2.24) is 25.1 Å². The minimum absolute atomic E-state index is 0.499. The Balaban J connectivity index is 1.58. The first-order chi connectivity index (χ1) is 10.7. The van der Waals surface area contributed by atoms with E-state index < -0.39 is 0 Å². The number of hydrogen-bond donors (Lipinski definition) is 1. The molecule has 1 atom stereocenters. The van der Waals surface area contributed by atoms with Crippen LogP contribution in [0.15, 0.2) is 23.4 Å². The second-order valence-electron chi connectivity index (χ2n) is 5.81. The van der Waals surface area contributed by atoms with Gasteiger partial charge < -0.3 is 9.88 Å². The molecule has 0 unspecified atom stereocenters. The molecule has 2 aromatic heterocycles. The van der Waals surface area contributed by atoms with Crippen LogP contribution in [0.4, 0.5) is 0 Å². The van der Waals surface area contributed by atoms with E-state index in [1.165, 1.54) is 12.8 Å². The number of aromatic nitrogens is 4. The van der Waals surface area contributed by atoms with Crippen LogP contribution in [0, 0.1) is 6.92 Å². The van der Waals surface area contributed by atoms with Gasteiger partial charge in [0.2, 0.25) is 0 Å². The first-order valence-electron chi connectivity index (χ1n) is 7.89. The minimum atomic E-state index is 0.499. The van der Waals surface area contributed by atoms with Gasteiger partial charge in [-0.25, -0.2) is 0 Å². The molecular formula is C16H23N5S. The van der Waals surface area contributed by atoms with Crippen molar-refractivity contribution in [1.29, 1.82) is 0 Å². The van der Waals surface area contributed by atoms with Gasteiger partial charge in [0.15, 0.2) is 5.16 Å². The lowest BCUT2D eigenvalue weighted by atomic mass is 9.99. The third kappa shape index (κ3) is 3.67. The number of aryl methyl sites for hydroxylation is 2. The van der Waals surface area contributed by atoms with Crippen molar-refractivity contribution in [3.05, 3.63) is 35.4 Å². The van der Waals surface area contributed by atoms with Crippen LogP contribution in [-0.4, -0.2) is 38.6 Å². The molecule has 1 fully saturated rings. The fourth-order valence-corrected chi connectivity index (χ4v) is 3.74. The van der Waals surface area contributed by atoms with Crippen LogP contribution in [0.1, 0.15) is 36.0 Å². The van der Waals surface area contributed by atoms with Crippen molar-refractivity contribution in [3.8, 4) is 0 Å². The topological polar surface area (TPSA) is 55.6 Å². The third-order valence-corrected chi connectivity index (χ3v) is 5.09. The average Bonchev–Trinajstić information content (AvgIpc) is 2.89. The molecule has 5 nitrogen and oxygen atoms in total. The van der Waals surface area contributed by atoms with E-state index in [1.807, 2.05) is 13.0 Å². The molecule has 0 amide bonds. The fraction of sp³-hybridized carbons (Fsp3) is 0.562. The summed E-state index contributed by atoms with van der Waals surface area (Å²) in [5.74, 6) is 2.59. The van der Waals surface area contributed by atoms with Crippen molar-refractivity contribution in [2.75, 3.05) is 18.8 Å². The zero-order valence-electron chi connectivity index (χ0n) is 13.2. The molecule has 1 aliphatic rings. The first kappa shape index (κ1) is 15.5. The number of pyridine rings is 1. The lowest BCUT2D eigenvalue weighted by molar-refractivity contribution is 0.436. The molecule has 3 heterocycles. The Labute approximate surface area is 135 Å². The molecule has 0 aliphatic carbocycles. The molecule has 0 saturated carbocycles. The molecule has 6 heteroatoms. The summed E-state index contributed by atoms with van der Waals surface area (Å²) in [4.78, 5) is 4.54. The number of piperidine rings is 1. The summed E-state index contributed by atoms with van der Waals surface area (Å²) >= 11 is 1.76. The smallest absolute Gasteiger partial charge is 0.190 e. The Hall–Kier alpha value is -1.40. The van der Waals surface area contributed by atoms with Crippen molar-refractivity contribution in [2.24, 2.45) is 7.05 Å². The lowest BCUT2D eigenvalue weighted by Crippen LogP contribution is -2.29. The Morgan fingerprint density at radius 2 is 2.27 bits per heavy atom. The van der Waals surface area contributed by atoms with Gasteiger partial charge in [0.25, 0.3) is 0 Å². The highest BCUT2D eigenvalue weighted by Crippen LogP contribution is 2.25. The van der Waals surface area contributed by atoms with Crippen molar-refractivity contribution >= 4 is 11.8 Å². The maximum Gasteiger partial charge on any atom is 0.190 e. The van der Waals surface area contributed by atoms with Crippen LogP contribution in [0.3, 0.4) is 0 Å². The number of thioether (sulfide) groups is 1. The van der Waals surface area contributed by atoms with Gasteiger partial charge in [0, 0.05) is 36.7 Å². The van der Waals surface area contributed by atoms with E-state index in [-0.39, 0.29) is 0 Å². The van der Waals surface area contributed by atoms with Crippen molar-refractivity contribution in [3.63, 3.8) is 0 Å².